The zero-order valence-corrected chi connectivity index (χ0v) is 36.5. The normalized spacial score (nSPS) is 11.8. The van der Waals surface area contributed by atoms with Crippen LogP contribution in [0, 0.1) is 22.7 Å². The van der Waals surface area contributed by atoms with Gasteiger partial charge < -0.3 is 18.3 Å². The Kier molecular flexibility index (Phi) is 8.01. The number of para-hydroxylation sites is 6. The Morgan fingerprint density at radius 1 is 0.279 bits per heavy atom. The number of nitrogens with zero attached hydrogens (tertiary/aromatic N) is 6. The lowest BCUT2D eigenvalue weighted by molar-refractivity contribution is 1.12. The highest BCUT2D eigenvalue weighted by Gasteiger charge is 2.25. The molecule has 4 aromatic heterocycles. The van der Waals surface area contributed by atoms with Crippen molar-refractivity contribution in [3.05, 3.63) is 230 Å². The van der Waals surface area contributed by atoms with E-state index in [0.29, 0.717) is 11.1 Å². The third-order valence-corrected chi connectivity index (χ3v) is 14.0. The van der Waals surface area contributed by atoms with E-state index in [1.807, 2.05) is 24.3 Å². The number of hydrogen-bond donors (Lipinski definition) is 0. The first kappa shape index (κ1) is 37.7. The Morgan fingerprint density at radius 3 is 1.01 bits per heavy atom. The largest absolute Gasteiger partial charge is 0.309 e. The molecular formula is C62H36N6. The van der Waals surface area contributed by atoms with E-state index in [0.717, 1.165) is 121 Å². The van der Waals surface area contributed by atoms with Crippen LogP contribution in [0.4, 0.5) is 0 Å². The first-order valence-corrected chi connectivity index (χ1v) is 22.8. The monoisotopic (exact) mass is 864 g/mol. The van der Waals surface area contributed by atoms with Gasteiger partial charge >= 0.3 is 0 Å². The predicted molar refractivity (Wildman–Crippen MR) is 279 cm³/mol. The first-order chi connectivity index (χ1) is 33.7. The van der Waals surface area contributed by atoms with Crippen LogP contribution in [-0.2, 0) is 0 Å². The number of hydrogen-bond acceptors (Lipinski definition) is 2. The SMILES string of the molecule is N#Cc1ccccc1-c1cc(-n2c3ccccc3c3cc4c(cc32)c2ccccc2n4-c2ccccc2)c(C#N)c(-n2c3ccccc3c3cc4c(cc32)c2ccccc2n4-c2ccccc2)c1. The van der Waals surface area contributed by atoms with Gasteiger partial charge in [0.15, 0.2) is 0 Å². The van der Waals surface area contributed by atoms with Gasteiger partial charge in [-0.3, -0.25) is 0 Å². The summed E-state index contributed by atoms with van der Waals surface area (Å²) < 4.78 is 9.26. The van der Waals surface area contributed by atoms with Crippen LogP contribution >= 0.6 is 0 Å². The highest BCUT2D eigenvalue weighted by Crippen LogP contribution is 2.45. The number of benzene rings is 10. The van der Waals surface area contributed by atoms with Crippen LogP contribution in [0.3, 0.4) is 0 Å². The molecule has 0 amide bonds. The van der Waals surface area contributed by atoms with E-state index in [1.54, 1.807) is 0 Å². The minimum absolute atomic E-state index is 0.520. The summed E-state index contributed by atoms with van der Waals surface area (Å²) in [7, 11) is 0. The Bertz CT molecular complexity index is 4260. The minimum atomic E-state index is 0.520. The number of fused-ring (bicyclic) bond motifs is 12. The molecule has 0 aliphatic rings. The summed E-state index contributed by atoms with van der Waals surface area (Å²) in [6.07, 6.45) is 0. The van der Waals surface area contributed by atoms with E-state index in [1.165, 1.54) is 0 Å². The van der Waals surface area contributed by atoms with Crippen LogP contribution in [-0.4, -0.2) is 18.3 Å². The molecule has 0 saturated carbocycles. The van der Waals surface area contributed by atoms with Gasteiger partial charge in [-0.05, 0) is 102 Å². The molecule has 0 fully saturated rings. The van der Waals surface area contributed by atoms with E-state index in [4.69, 9.17) is 0 Å². The second-order valence-corrected chi connectivity index (χ2v) is 17.5. The van der Waals surface area contributed by atoms with Crippen molar-refractivity contribution in [2.75, 3.05) is 0 Å². The van der Waals surface area contributed by atoms with Crippen molar-refractivity contribution in [1.82, 2.24) is 18.3 Å². The molecular weight excluding hydrogens is 829 g/mol. The van der Waals surface area contributed by atoms with Crippen LogP contribution in [0.1, 0.15) is 11.1 Å². The summed E-state index contributed by atoms with van der Waals surface area (Å²) in [4.78, 5) is 0. The van der Waals surface area contributed by atoms with E-state index >= 15 is 0 Å². The molecule has 314 valence electrons. The van der Waals surface area contributed by atoms with Crippen molar-refractivity contribution in [3.8, 4) is 46.0 Å². The van der Waals surface area contributed by atoms with E-state index in [9.17, 15) is 10.5 Å². The zero-order chi connectivity index (χ0) is 45.0. The molecule has 0 unspecified atom stereocenters. The topological polar surface area (TPSA) is 67.3 Å². The molecule has 14 aromatic rings. The molecule has 4 heterocycles. The quantitative estimate of drug-likeness (QED) is 0.173. The molecule has 0 bridgehead atoms. The predicted octanol–water partition coefficient (Wildman–Crippen LogP) is 15.5. The molecule has 6 heteroatoms. The Hall–Kier alpha value is -9.62. The average Bonchev–Trinajstić information content (AvgIpc) is 4.11. The number of rotatable bonds is 5. The van der Waals surface area contributed by atoms with E-state index in [-0.39, 0.29) is 0 Å². The molecule has 0 saturated heterocycles. The van der Waals surface area contributed by atoms with Crippen molar-refractivity contribution in [2.45, 2.75) is 0 Å². The average molecular weight is 865 g/mol. The van der Waals surface area contributed by atoms with Crippen LogP contribution in [0.2, 0.25) is 0 Å². The molecule has 6 nitrogen and oxygen atoms in total. The lowest BCUT2D eigenvalue weighted by Gasteiger charge is -2.19. The van der Waals surface area contributed by atoms with Crippen molar-refractivity contribution in [1.29, 1.82) is 10.5 Å². The standard InChI is InChI=1S/C62H36N6/c63-37-39-17-7-8-22-43(39)40-31-57(67-55-29-15-11-25-46(55)50-33-59-48(35-61(50)67)44-23-9-13-27-53(44)65(59)41-18-3-1-4-19-41)52(38-64)58(32-40)68-56-30-16-12-26-47(56)51-34-60-49(36-62(51)68)45-24-10-14-28-54(45)66(60)42-20-5-2-6-21-42/h1-36H. The molecule has 14 rings (SSSR count). The minimum Gasteiger partial charge on any atom is -0.309 e. The Morgan fingerprint density at radius 2 is 0.618 bits per heavy atom. The molecule has 0 spiro atoms. The van der Waals surface area contributed by atoms with Crippen LogP contribution in [0.25, 0.3) is 121 Å². The lowest BCUT2D eigenvalue weighted by atomic mass is 9.96. The fourth-order valence-electron chi connectivity index (χ4n) is 11.2. The molecule has 0 radical (unpaired) electrons. The second-order valence-electron chi connectivity index (χ2n) is 17.5. The van der Waals surface area contributed by atoms with Gasteiger partial charge in [-0.1, -0.05) is 127 Å². The van der Waals surface area contributed by atoms with Crippen molar-refractivity contribution in [2.24, 2.45) is 0 Å². The Balaban J connectivity index is 1.13. The van der Waals surface area contributed by atoms with Gasteiger partial charge in [-0.2, -0.15) is 10.5 Å². The summed E-state index contributed by atoms with van der Waals surface area (Å²) in [5, 5.41) is 31.2. The molecule has 10 aromatic carbocycles. The summed E-state index contributed by atoms with van der Waals surface area (Å²) in [6, 6.07) is 81.7. The smallest absolute Gasteiger partial charge is 0.104 e. The first-order valence-electron chi connectivity index (χ1n) is 22.8. The maximum Gasteiger partial charge on any atom is 0.104 e. The van der Waals surface area contributed by atoms with Crippen LogP contribution < -0.4 is 0 Å². The summed E-state index contributed by atoms with van der Waals surface area (Å²) in [6.45, 7) is 0. The Labute approximate surface area is 389 Å². The van der Waals surface area contributed by atoms with Crippen LogP contribution in [0.5, 0.6) is 0 Å². The van der Waals surface area contributed by atoms with Gasteiger partial charge in [-0.15, -0.1) is 0 Å². The summed E-state index contributed by atoms with van der Waals surface area (Å²) >= 11 is 0. The summed E-state index contributed by atoms with van der Waals surface area (Å²) in [5.74, 6) is 0. The molecule has 0 aliphatic carbocycles. The third kappa shape index (κ3) is 5.26. The van der Waals surface area contributed by atoms with Gasteiger partial charge in [0.25, 0.3) is 0 Å². The molecule has 0 atom stereocenters. The van der Waals surface area contributed by atoms with Gasteiger partial charge in [-0.25, -0.2) is 0 Å². The maximum atomic E-state index is 11.8. The van der Waals surface area contributed by atoms with Crippen molar-refractivity contribution < 1.29 is 0 Å². The van der Waals surface area contributed by atoms with Gasteiger partial charge in [0, 0.05) is 54.5 Å². The molecule has 68 heavy (non-hydrogen) atoms. The van der Waals surface area contributed by atoms with Gasteiger partial charge in [0.2, 0.25) is 0 Å². The van der Waals surface area contributed by atoms with Crippen molar-refractivity contribution >= 4 is 87.2 Å². The van der Waals surface area contributed by atoms with Gasteiger partial charge in [0.05, 0.1) is 67.1 Å². The zero-order valence-electron chi connectivity index (χ0n) is 36.5. The van der Waals surface area contributed by atoms with E-state index in [2.05, 4.69) is 225 Å². The highest BCUT2D eigenvalue weighted by atomic mass is 15.0. The molecule has 0 N–H and O–H groups in total. The number of aromatic nitrogens is 4. The highest BCUT2D eigenvalue weighted by molar-refractivity contribution is 6.21. The molecule has 0 aliphatic heterocycles. The third-order valence-electron chi connectivity index (χ3n) is 14.0. The van der Waals surface area contributed by atoms with Crippen molar-refractivity contribution in [3.63, 3.8) is 0 Å². The maximum absolute atomic E-state index is 11.8. The fraction of sp³-hybridized carbons (Fsp3) is 0. The van der Waals surface area contributed by atoms with Gasteiger partial charge in [0.1, 0.15) is 11.6 Å². The summed E-state index contributed by atoms with van der Waals surface area (Å²) in [5.41, 5.74) is 14.8. The second kappa shape index (κ2) is 14.4. The van der Waals surface area contributed by atoms with E-state index < -0.39 is 0 Å². The fourth-order valence-corrected chi connectivity index (χ4v) is 11.2. The van der Waals surface area contributed by atoms with Crippen LogP contribution in [0.15, 0.2) is 218 Å². The number of nitriles is 2. The lowest BCUT2D eigenvalue weighted by Crippen LogP contribution is -2.05.